The largest absolute Gasteiger partial charge is 0.475 e. The number of amides is 3. The van der Waals surface area contributed by atoms with E-state index in [2.05, 4.69) is 15.2 Å². The fraction of sp³-hybridized carbons (Fsp3) is 0.333. The third kappa shape index (κ3) is 3.80. The van der Waals surface area contributed by atoms with Crippen molar-refractivity contribution < 1.29 is 14.3 Å². The van der Waals surface area contributed by atoms with Crippen LogP contribution in [0.25, 0.3) is 11.3 Å². The molecular formula is C18H23N5O3. The molecule has 1 aromatic heterocycles. The molecule has 1 fully saturated rings. The van der Waals surface area contributed by atoms with Gasteiger partial charge in [-0.2, -0.15) is 0 Å². The quantitative estimate of drug-likeness (QED) is 0.631. The molecule has 0 bridgehead atoms. The average molecular weight is 357 g/mol. The van der Waals surface area contributed by atoms with E-state index in [1.165, 1.54) is 12.8 Å². The summed E-state index contributed by atoms with van der Waals surface area (Å²) in [6.45, 7) is 4.06. The van der Waals surface area contributed by atoms with Gasteiger partial charge in [0.05, 0.1) is 11.3 Å². The van der Waals surface area contributed by atoms with Crippen molar-refractivity contribution in [3.8, 4) is 17.0 Å². The van der Waals surface area contributed by atoms with Gasteiger partial charge in [0.2, 0.25) is 0 Å². The van der Waals surface area contributed by atoms with E-state index in [9.17, 15) is 9.59 Å². The van der Waals surface area contributed by atoms with Gasteiger partial charge in [0, 0.05) is 18.7 Å². The predicted octanol–water partition coefficient (Wildman–Crippen LogP) is 2.09. The molecule has 3 amide bonds. The average Bonchev–Trinajstić information content (AvgIpc) is 3.24. The van der Waals surface area contributed by atoms with Gasteiger partial charge in [-0.25, -0.2) is 4.79 Å². The third-order valence-corrected chi connectivity index (χ3v) is 4.46. The Balaban J connectivity index is 1.91. The summed E-state index contributed by atoms with van der Waals surface area (Å²) in [5.41, 5.74) is 12.1. The molecular weight excluding hydrogens is 334 g/mol. The summed E-state index contributed by atoms with van der Waals surface area (Å²) in [5, 5.41) is 2.38. The van der Waals surface area contributed by atoms with E-state index in [1.54, 1.807) is 6.07 Å². The Morgan fingerprint density at radius 2 is 1.92 bits per heavy atom. The number of nitrogens with two attached hydrogens (primary N) is 2. The van der Waals surface area contributed by atoms with E-state index in [4.69, 9.17) is 16.2 Å². The van der Waals surface area contributed by atoms with Crippen molar-refractivity contribution in [2.45, 2.75) is 26.0 Å². The van der Waals surface area contributed by atoms with Crippen molar-refractivity contribution in [3.05, 3.63) is 35.9 Å². The molecule has 1 aromatic carbocycles. The normalized spacial score (nSPS) is 15.6. The number of nitrogens with one attached hydrogen (secondary N) is 2. The Bertz CT molecular complexity index is 811. The van der Waals surface area contributed by atoms with Crippen molar-refractivity contribution in [3.63, 3.8) is 0 Å². The topological polar surface area (TPSA) is 126 Å². The molecule has 1 unspecified atom stereocenters. The zero-order valence-electron chi connectivity index (χ0n) is 14.6. The number of ether oxygens (including phenoxy) is 1. The van der Waals surface area contributed by atoms with E-state index in [0.717, 1.165) is 18.7 Å². The second-order valence-corrected chi connectivity index (χ2v) is 6.28. The second-order valence-electron chi connectivity index (χ2n) is 6.28. The molecule has 1 aliphatic heterocycles. The molecule has 0 saturated carbocycles. The maximum absolute atomic E-state index is 11.7. The number of rotatable bonds is 6. The Kier molecular flexibility index (Phi) is 5.13. The predicted molar refractivity (Wildman–Crippen MR) is 98.8 cm³/mol. The number of hydrogen-bond donors (Lipinski definition) is 4. The number of para-hydroxylation sites is 1. The molecule has 26 heavy (non-hydrogen) atoms. The van der Waals surface area contributed by atoms with Crippen LogP contribution in [0.2, 0.25) is 0 Å². The van der Waals surface area contributed by atoms with Crippen LogP contribution in [-0.4, -0.2) is 41.1 Å². The number of anilines is 1. The van der Waals surface area contributed by atoms with Gasteiger partial charge < -0.3 is 21.2 Å². The number of carbonyl (C=O) groups excluding carboxylic acids is 2. The molecule has 1 aliphatic rings. The van der Waals surface area contributed by atoms with Crippen LogP contribution < -0.4 is 21.5 Å². The number of nitrogens with zero attached hydrogens (tertiary/aromatic N) is 1. The highest BCUT2D eigenvalue weighted by molar-refractivity contribution is 6.03. The smallest absolute Gasteiger partial charge is 0.317 e. The number of aromatic amines is 1. The zero-order valence-corrected chi connectivity index (χ0v) is 14.6. The zero-order chi connectivity index (χ0) is 18.7. The van der Waals surface area contributed by atoms with Crippen LogP contribution in [-0.2, 0) is 0 Å². The molecule has 1 atom stereocenters. The first-order chi connectivity index (χ1) is 12.5. The third-order valence-electron chi connectivity index (χ3n) is 4.46. The molecule has 0 radical (unpaired) electrons. The molecule has 138 valence electrons. The lowest BCUT2D eigenvalue weighted by Gasteiger charge is -2.25. The maximum atomic E-state index is 11.7. The van der Waals surface area contributed by atoms with Gasteiger partial charge >= 0.3 is 6.03 Å². The number of carbonyl (C=O) groups is 2. The van der Waals surface area contributed by atoms with E-state index in [-0.39, 0.29) is 17.6 Å². The van der Waals surface area contributed by atoms with Crippen molar-refractivity contribution in [1.82, 2.24) is 9.88 Å². The summed E-state index contributed by atoms with van der Waals surface area (Å²) in [6, 6.07) is 8.29. The molecule has 8 heteroatoms. The Hall–Kier alpha value is -3.00. The van der Waals surface area contributed by atoms with Gasteiger partial charge in [0.15, 0.2) is 0 Å². The highest BCUT2D eigenvalue weighted by atomic mass is 16.5. The van der Waals surface area contributed by atoms with Crippen LogP contribution in [0.3, 0.4) is 0 Å². The van der Waals surface area contributed by atoms with Crippen LogP contribution in [0.15, 0.2) is 30.3 Å². The van der Waals surface area contributed by atoms with Gasteiger partial charge in [-0.1, -0.05) is 12.1 Å². The summed E-state index contributed by atoms with van der Waals surface area (Å²) in [4.78, 5) is 28.1. The summed E-state index contributed by atoms with van der Waals surface area (Å²) < 4.78 is 6.15. The lowest BCUT2D eigenvalue weighted by molar-refractivity contribution is 0.0597. The summed E-state index contributed by atoms with van der Waals surface area (Å²) in [5.74, 6) is 0.178. The summed E-state index contributed by atoms with van der Waals surface area (Å²) >= 11 is 0. The van der Waals surface area contributed by atoms with Crippen molar-refractivity contribution >= 4 is 17.8 Å². The molecule has 0 spiro atoms. The number of aromatic nitrogens is 1. The Morgan fingerprint density at radius 3 is 2.58 bits per heavy atom. The van der Waals surface area contributed by atoms with E-state index < -0.39 is 11.9 Å². The van der Waals surface area contributed by atoms with E-state index in [1.807, 2.05) is 31.2 Å². The summed E-state index contributed by atoms with van der Waals surface area (Å²) in [7, 11) is 0. The van der Waals surface area contributed by atoms with E-state index in [0.29, 0.717) is 11.4 Å². The summed E-state index contributed by atoms with van der Waals surface area (Å²) in [6.07, 6.45) is 2.29. The number of hydrogen-bond acceptors (Lipinski definition) is 4. The van der Waals surface area contributed by atoms with Crippen LogP contribution >= 0.6 is 0 Å². The minimum absolute atomic E-state index is 0.0626. The standard InChI is InChI=1S/C18H23N5O3/c1-11(23-8-4-5-9-23)26-15-7-3-2-6-12(15)14-10-13(16(19)24)17(21-14)22-18(20)25/h2-3,6-7,10-11,21H,4-5,8-9H2,1H3,(H2,19,24)(H3,20,22,25). The van der Waals surface area contributed by atoms with Gasteiger partial charge in [0.1, 0.15) is 17.8 Å². The van der Waals surface area contributed by atoms with Gasteiger partial charge in [-0.3, -0.25) is 15.0 Å². The minimum Gasteiger partial charge on any atom is -0.475 e. The van der Waals surface area contributed by atoms with Crippen molar-refractivity contribution in [2.75, 3.05) is 18.4 Å². The maximum Gasteiger partial charge on any atom is 0.317 e. The molecule has 2 aromatic rings. The molecule has 8 nitrogen and oxygen atoms in total. The highest BCUT2D eigenvalue weighted by Gasteiger charge is 2.22. The molecule has 1 saturated heterocycles. The number of primary amides is 2. The number of likely N-dealkylation sites (tertiary alicyclic amines) is 1. The monoisotopic (exact) mass is 357 g/mol. The lowest BCUT2D eigenvalue weighted by Crippen LogP contribution is -2.34. The number of urea groups is 1. The fourth-order valence-corrected chi connectivity index (χ4v) is 3.17. The molecule has 2 heterocycles. The van der Waals surface area contributed by atoms with Crippen LogP contribution in [0.1, 0.15) is 30.1 Å². The van der Waals surface area contributed by atoms with Gasteiger partial charge in [-0.05, 0) is 38.0 Å². The molecule has 0 aliphatic carbocycles. The first-order valence-corrected chi connectivity index (χ1v) is 8.55. The molecule has 3 rings (SSSR count). The first-order valence-electron chi connectivity index (χ1n) is 8.55. The Morgan fingerprint density at radius 1 is 1.23 bits per heavy atom. The van der Waals surface area contributed by atoms with Gasteiger partial charge in [-0.15, -0.1) is 0 Å². The lowest BCUT2D eigenvalue weighted by atomic mass is 10.1. The van der Waals surface area contributed by atoms with Crippen LogP contribution in [0.5, 0.6) is 5.75 Å². The first kappa shape index (κ1) is 17.8. The van der Waals surface area contributed by atoms with E-state index >= 15 is 0 Å². The Labute approximate surface area is 151 Å². The second kappa shape index (κ2) is 7.49. The number of H-pyrrole nitrogens is 1. The highest BCUT2D eigenvalue weighted by Crippen LogP contribution is 2.33. The van der Waals surface area contributed by atoms with Crippen LogP contribution in [0, 0.1) is 0 Å². The fourth-order valence-electron chi connectivity index (χ4n) is 3.17. The van der Waals surface area contributed by atoms with Crippen molar-refractivity contribution in [1.29, 1.82) is 0 Å². The number of benzene rings is 1. The van der Waals surface area contributed by atoms with Crippen LogP contribution in [0.4, 0.5) is 10.6 Å². The minimum atomic E-state index is -0.784. The molecule has 6 N–H and O–H groups in total. The SMILES string of the molecule is CC(Oc1ccccc1-c1cc(C(N)=O)c(NC(N)=O)[nH]1)N1CCCC1. The van der Waals surface area contributed by atoms with Crippen molar-refractivity contribution in [2.24, 2.45) is 11.5 Å². The van der Waals surface area contributed by atoms with Gasteiger partial charge in [0.25, 0.3) is 5.91 Å².